The zero-order valence-electron chi connectivity index (χ0n) is 9.14. The third-order valence-electron chi connectivity index (χ3n) is 2.25. The molecule has 2 aromatic rings. The molecule has 4 heteroatoms. The summed E-state index contributed by atoms with van der Waals surface area (Å²) >= 11 is 1.62. The smallest absolute Gasteiger partial charge is 0.123 e. The lowest BCUT2D eigenvalue weighted by Crippen LogP contribution is -1.95. The van der Waals surface area contributed by atoms with Crippen LogP contribution in [0.15, 0.2) is 29.6 Å². The highest BCUT2D eigenvalue weighted by Gasteiger charge is 2.04. The van der Waals surface area contributed by atoms with Crippen molar-refractivity contribution in [2.45, 2.75) is 13.2 Å². The quantitative estimate of drug-likeness (QED) is 0.883. The Morgan fingerprint density at radius 2 is 2.31 bits per heavy atom. The minimum absolute atomic E-state index is 0.494. The summed E-state index contributed by atoms with van der Waals surface area (Å²) in [6.45, 7) is 1.12. The third-order valence-corrected chi connectivity index (χ3v) is 3.19. The van der Waals surface area contributed by atoms with E-state index >= 15 is 0 Å². The molecule has 1 aromatic carbocycles. The molecule has 2 rings (SSSR count). The number of ether oxygens (including phenoxy) is 1. The summed E-state index contributed by atoms with van der Waals surface area (Å²) in [4.78, 5) is 4.45. The van der Waals surface area contributed by atoms with Crippen molar-refractivity contribution in [1.82, 2.24) is 4.98 Å². The van der Waals surface area contributed by atoms with Crippen molar-refractivity contribution in [2.75, 3.05) is 7.11 Å². The van der Waals surface area contributed by atoms with Gasteiger partial charge in [0.1, 0.15) is 5.01 Å². The second-order valence-corrected chi connectivity index (χ2v) is 4.34. The summed E-state index contributed by atoms with van der Waals surface area (Å²) in [5, 5.41) is 3.01. The molecule has 0 spiro atoms. The Bertz CT molecular complexity index is 468. The molecular formula is C12H14N2OS. The van der Waals surface area contributed by atoms with E-state index in [1.807, 2.05) is 17.5 Å². The Morgan fingerprint density at radius 3 is 3.00 bits per heavy atom. The number of nitrogens with two attached hydrogens (primary N) is 1. The molecule has 0 saturated heterocycles. The van der Waals surface area contributed by atoms with Gasteiger partial charge in [0.2, 0.25) is 0 Å². The number of benzene rings is 1. The van der Waals surface area contributed by atoms with Gasteiger partial charge < -0.3 is 10.5 Å². The summed E-state index contributed by atoms with van der Waals surface area (Å²) in [5.74, 6) is 0. The lowest BCUT2D eigenvalue weighted by molar-refractivity contribution is 0.185. The maximum Gasteiger partial charge on any atom is 0.123 e. The highest BCUT2D eigenvalue weighted by Crippen LogP contribution is 2.24. The Hall–Kier alpha value is -1.23. The van der Waals surface area contributed by atoms with Gasteiger partial charge in [-0.2, -0.15) is 0 Å². The van der Waals surface area contributed by atoms with E-state index in [0.29, 0.717) is 13.2 Å². The van der Waals surface area contributed by atoms with Crippen LogP contribution in [0.2, 0.25) is 0 Å². The van der Waals surface area contributed by atoms with Crippen molar-refractivity contribution in [3.8, 4) is 10.6 Å². The summed E-state index contributed by atoms with van der Waals surface area (Å²) in [6.07, 6.45) is 0. The SMILES string of the molecule is COCc1cccc(-c2nc(CN)cs2)c1. The molecule has 2 N–H and O–H groups in total. The van der Waals surface area contributed by atoms with Gasteiger partial charge in [0.15, 0.2) is 0 Å². The average Bonchev–Trinajstić information content (AvgIpc) is 2.78. The third kappa shape index (κ3) is 2.47. The molecule has 16 heavy (non-hydrogen) atoms. The lowest BCUT2D eigenvalue weighted by atomic mass is 10.1. The fourth-order valence-electron chi connectivity index (χ4n) is 1.49. The van der Waals surface area contributed by atoms with Crippen molar-refractivity contribution in [1.29, 1.82) is 0 Å². The number of methoxy groups -OCH3 is 1. The van der Waals surface area contributed by atoms with Gasteiger partial charge in [-0.25, -0.2) is 4.98 Å². The van der Waals surface area contributed by atoms with Crippen molar-refractivity contribution in [3.63, 3.8) is 0 Å². The molecule has 0 unspecified atom stereocenters. The van der Waals surface area contributed by atoms with E-state index in [9.17, 15) is 0 Å². The number of aromatic nitrogens is 1. The van der Waals surface area contributed by atoms with Crippen molar-refractivity contribution in [3.05, 3.63) is 40.9 Å². The molecule has 0 bridgehead atoms. The number of nitrogens with zero attached hydrogens (tertiary/aromatic N) is 1. The average molecular weight is 234 g/mol. The summed E-state index contributed by atoms with van der Waals surface area (Å²) in [5.41, 5.74) is 8.77. The number of rotatable bonds is 4. The lowest BCUT2D eigenvalue weighted by Gasteiger charge is -2.01. The minimum atomic E-state index is 0.494. The van der Waals surface area contributed by atoms with E-state index in [0.717, 1.165) is 21.8 Å². The van der Waals surface area contributed by atoms with Gasteiger partial charge in [0.05, 0.1) is 12.3 Å². The maximum absolute atomic E-state index is 5.54. The Morgan fingerprint density at radius 1 is 1.44 bits per heavy atom. The van der Waals surface area contributed by atoms with Crippen LogP contribution in [-0.4, -0.2) is 12.1 Å². The zero-order chi connectivity index (χ0) is 11.4. The van der Waals surface area contributed by atoms with Crippen molar-refractivity contribution >= 4 is 11.3 Å². The normalized spacial score (nSPS) is 10.6. The Labute approximate surface area is 98.9 Å². The minimum Gasteiger partial charge on any atom is -0.380 e. The van der Waals surface area contributed by atoms with Crippen molar-refractivity contribution < 1.29 is 4.74 Å². The van der Waals surface area contributed by atoms with Gasteiger partial charge in [0.25, 0.3) is 0 Å². The molecule has 0 fully saturated rings. The van der Waals surface area contributed by atoms with E-state index in [-0.39, 0.29) is 0 Å². The first-order chi connectivity index (χ1) is 7.83. The van der Waals surface area contributed by atoms with Crippen LogP contribution >= 0.6 is 11.3 Å². The second kappa shape index (κ2) is 5.21. The van der Waals surface area contributed by atoms with Crippen LogP contribution in [0.3, 0.4) is 0 Å². The van der Waals surface area contributed by atoms with Crippen LogP contribution < -0.4 is 5.73 Å². The fraction of sp³-hybridized carbons (Fsp3) is 0.250. The first-order valence-corrected chi connectivity index (χ1v) is 5.94. The van der Waals surface area contributed by atoms with Crippen LogP contribution in [-0.2, 0) is 17.9 Å². The predicted molar refractivity (Wildman–Crippen MR) is 66.2 cm³/mol. The van der Waals surface area contributed by atoms with Crippen LogP contribution in [0.4, 0.5) is 0 Å². The van der Waals surface area contributed by atoms with Gasteiger partial charge in [0, 0.05) is 24.6 Å². The number of hydrogen-bond acceptors (Lipinski definition) is 4. The molecule has 0 aliphatic rings. The Balaban J connectivity index is 2.28. The Kier molecular flexibility index (Phi) is 3.66. The second-order valence-electron chi connectivity index (χ2n) is 3.48. The topological polar surface area (TPSA) is 48.1 Å². The molecule has 0 aliphatic carbocycles. The van der Waals surface area contributed by atoms with Crippen LogP contribution in [0, 0.1) is 0 Å². The van der Waals surface area contributed by atoms with E-state index in [2.05, 4.69) is 17.1 Å². The molecule has 3 nitrogen and oxygen atoms in total. The highest BCUT2D eigenvalue weighted by atomic mass is 32.1. The van der Waals surface area contributed by atoms with Gasteiger partial charge >= 0.3 is 0 Å². The molecule has 0 atom stereocenters. The summed E-state index contributed by atoms with van der Waals surface area (Å²) in [7, 11) is 1.70. The molecule has 0 amide bonds. The molecule has 84 valence electrons. The van der Waals surface area contributed by atoms with Crippen LogP contribution in [0.1, 0.15) is 11.3 Å². The van der Waals surface area contributed by atoms with Gasteiger partial charge in [-0.05, 0) is 11.6 Å². The summed E-state index contributed by atoms with van der Waals surface area (Å²) in [6, 6.07) is 8.22. The van der Waals surface area contributed by atoms with Gasteiger partial charge in [-0.15, -0.1) is 11.3 Å². The molecule has 1 heterocycles. The molecule has 1 aromatic heterocycles. The fourth-order valence-corrected chi connectivity index (χ4v) is 2.32. The van der Waals surface area contributed by atoms with Crippen molar-refractivity contribution in [2.24, 2.45) is 5.73 Å². The molecule has 0 aliphatic heterocycles. The van der Waals surface area contributed by atoms with E-state index in [4.69, 9.17) is 10.5 Å². The number of hydrogen-bond donors (Lipinski definition) is 1. The largest absolute Gasteiger partial charge is 0.380 e. The molecule has 0 radical (unpaired) electrons. The van der Waals surface area contributed by atoms with Crippen LogP contribution in [0.5, 0.6) is 0 Å². The zero-order valence-corrected chi connectivity index (χ0v) is 9.96. The first kappa shape index (κ1) is 11.3. The van der Waals surface area contributed by atoms with E-state index in [1.54, 1.807) is 18.4 Å². The van der Waals surface area contributed by atoms with E-state index < -0.39 is 0 Å². The summed E-state index contributed by atoms with van der Waals surface area (Å²) < 4.78 is 5.11. The van der Waals surface area contributed by atoms with Gasteiger partial charge in [-0.1, -0.05) is 18.2 Å². The monoisotopic (exact) mass is 234 g/mol. The number of thiazole rings is 1. The highest BCUT2D eigenvalue weighted by molar-refractivity contribution is 7.13. The standard InChI is InChI=1S/C12H14N2OS/c1-15-7-9-3-2-4-10(5-9)12-14-11(6-13)8-16-12/h2-5,8H,6-7,13H2,1H3. The first-order valence-electron chi connectivity index (χ1n) is 5.06. The van der Waals surface area contributed by atoms with Crippen LogP contribution in [0.25, 0.3) is 10.6 Å². The van der Waals surface area contributed by atoms with Gasteiger partial charge in [-0.3, -0.25) is 0 Å². The predicted octanol–water partition coefficient (Wildman–Crippen LogP) is 2.42. The molecular weight excluding hydrogens is 220 g/mol. The van der Waals surface area contributed by atoms with E-state index in [1.165, 1.54) is 0 Å². The maximum atomic E-state index is 5.54. The molecule has 0 saturated carbocycles.